The van der Waals surface area contributed by atoms with Gasteiger partial charge in [-0.05, 0) is 19.3 Å². The number of hydrogen-bond donors (Lipinski definition) is 6. The van der Waals surface area contributed by atoms with Crippen LogP contribution < -0.4 is 0 Å². The van der Waals surface area contributed by atoms with Crippen molar-refractivity contribution in [3.8, 4) is 0 Å². The maximum atomic E-state index is 11.1. The van der Waals surface area contributed by atoms with Gasteiger partial charge in [-0.25, -0.2) is 0 Å². The van der Waals surface area contributed by atoms with Crippen LogP contribution in [0.2, 0.25) is 0 Å². The van der Waals surface area contributed by atoms with Crippen molar-refractivity contribution in [2.24, 2.45) is 5.92 Å². The summed E-state index contributed by atoms with van der Waals surface area (Å²) in [5.74, 6) is -3.98. The molecule has 0 aromatic carbocycles. The van der Waals surface area contributed by atoms with Gasteiger partial charge in [0.2, 0.25) is 0 Å². The summed E-state index contributed by atoms with van der Waals surface area (Å²) >= 11 is 0. The fourth-order valence-electron chi connectivity index (χ4n) is 3.44. The van der Waals surface area contributed by atoms with E-state index in [0.717, 1.165) is 38.5 Å². The van der Waals surface area contributed by atoms with Crippen molar-refractivity contribution in [3.63, 3.8) is 0 Å². The van der Waals surface area contributed by atoms with Gasteiger partial charge in [0.05, 0.1) is 18.6 Å². The van der Waals surface area contributed by atoms with Crippen LogP contribution in [0.3, 0.4) is 0 Å². The Morgan fingerprint density at radius 1 is 0.714 bits per heavy atom. The lowest BCUT2D eigenvalue weighted by Gasteiger charge is -2.15. The van der Waals surface area contributed by atoms with Gasteiger partial charge in [-0.15, -0.1) is 0 Å². The number of carboxylic acid groups (broad SMARTS) is 1. The maximum absolute atomic E-state index is 11.1. The molecule has 7 nitrogen and oxygen atoms in total. The third kappa shape index (κ3) is 18.6. The summed E-state index contributed by atoms with van der Waals surface area (Å²) in [7, 11) is 0. The summed E-state index contributed by atoms with van der Waals surface area (Å²) in [5.41, 5.74) is 0. The Kier molecular flexibility index (Phi) is 16.7. The highest BCUT2D eigenvalue weighted by atomic mass is 16.7. The van der Waals surface area contributed by atoms with Gasteiger partial charge in [-0.3, -0.25) is 4.79 Å². The summed E-state index contributed by atoms with van der Waals surface area (Å²) < 4.78 is 0. The molecule has 0 saturated carbocycles. The van der Waals surface area contributed by atoms with E-state index in [4.69, 9.17) is 25.5 Å². The molecule has 0 rings (SSSR count). The number of unbranched alkanes of at least 4 members (excludes halogenated alkanes) is 12. The van der Waals surface area contributed by atoms with E-state index in [1.165, 1.54) is 38.5 Å². The fraction of sp³-hybridized carbons (Fsp3) is 0.952. The monoisotopic (exact) mass is 406 g/mol. The van der Waals surface area contributed by atoms with Gasteiger partial charge in [0.1, 0.15) is 0 Å². The molecule has 6 N–H and O–H groups in total. The van der Waals surface area contributed by atoms with Crippen LogP contribution in [0.1, 0.15) is 103 Å². The number of aliphatic hydroxyl groups excluding tert-OH is 2. The van der Waals surface area contributed by atoms with Crippen LogP contribution in [0.4, 0.5) is 0 Å². The van der Waals surface area contributed by atoms with Crippen LogP contribution in [0.15, 0.2) is 0 Å². The second kappa shape index (κ2) is 17.2. The Hall–Kier alpha value is -0.730. The molecular weight excluding hydrogens is 364 g/mol. The summed E-state index contributed by atoms with van der Waals surface area (Å²) in [4.78, 5) is 11.1. The largest absolute Gasteiger partial charge is 0.481 e. The van der Waals surface area contributed by atoms with E-state index in [1.54, 1.807) is 0 Å². The predicted octanol–water partition coefficient (Wildman–Crippen LogP) is 2.91. The average molecular weight is 407 g/mol. The van der Waals surface area contributed by atoms with Crippen LogP contribution in [-0.4, -0.2) is 55.3 Å². The van der Waals surface area contributed by atoms with E-state index in [0.29, 0.717) is 12.8 Å². The van der Waals surface area contributed by atoms with Crippen molar-refractivity contribution in [2.45, 2.75) is 115 Å². The zero-order valence-corrected chi connectivity index (χ0v) is 17.3. The van der Waals surface area contributed by atoms with Crippen LogP contribution in [-0.2, 0) is 4.79 Å². The highest BCUT2D eigenvalue weighted by Crippen LogP contribution is 2.18. The average Bonchev–Trinajstić information content (AvgIpc) is 2.62. The van der Waals surface area contributed by atoms with E-state index in [9.17, 15) is 9.90 Å². The predicted molar refractivity (Wildman–Crippen MR) is 107 cm³/mol. The normalized spacial score (nSPS) is 14.2. The van der Waals surface area contributed by atoms with Gasteiger partial charge in [0.15, 0.2) is 0 Å². The van der Waals surface area contributed by atoms with Crippen molar-refractivity contribution in [1.29, 1.82) is 0 Å². The van der Waals surface area contributed by atoms with Crippen molar-refractivity contribution in [3.05, 3.63) is 0 Å². The third-order valence-electron chi connectivity index (χ3n) is 5.18. The first-order valence-electron chi connectivity index (χ1n) is 10.9. The van der Waals surface area contributed by atoms with Gasteiger partial charge in [0.25, 0.3) is 5.97 Å². The van der Waals surface area contributed by atoms with Crippen molar-refractivity contribution in [2.75, 3.05) is 6.61 Å². The second-order valence-electron chi connectivity index (χ2n) is 8.02. The Morgan fingerprint density at radius 2 is 1.11 bits per heavy atom. The summed E-state index contributed by atoms with van der Waals surface area (Å²) in [5, 5.41) is 53.6. The Morgan fingerprint density at radius 3 is 1.46 bits per heavy atom. The van der Waals surface area contributed by atoms with E-state index < -0.39 is 24.0 Å². The fourth-order valence-corrected chi connectivity index (χ4v) is 3.44. The molecular formula is C21H42O7. The molecule has 0 bridgehead atoms. The van der Waals surface area contributed by atoms with Crippen molar-refractivity contribution < 1.29 is 35.4 Å². The first-order chi connectivity index (χ1) is 13.3. The molecule has 0 aliphatic rings. The molecule has 2 unspecified atom stereocenters. The maximum Gasteiger partial charge on any atom is 0.306 e. The van der Waals surface area contributed by atoms with Gasteiger partial charge >= 0.3 is 5.97 Å². The highest BCUT2D eigenvalue weighted by molar-refractivity contribution is 5.69. The SMILES string of the molecule is O=C(O)C(CCCCCCCCCCCCCCCC(O)(O)O)CC(O)CO. The highest BCUT2D eigenvalue weighted by Gasteiger charge is 2.20. The number of carboxylic acids is 1. The zero-order chi connectivity index (χ0) is 21.3. The number of rotatable bonds is 20. The first-order valence-corrected chi connectivity index (χ1v) is 10.9. The lowest BCUT2D eigenvalue weighted by molar-refractivity contribution is -0.315. The lowest BCUT2D eigenvalue weighted by Crippen LogP contribution is -2.26. The molecule has 0 aromatic heterocycles. The molecule has 0 heterocycles. The standard InChI is InChI=1S/C21H42O7/c22-17-19(23)16-18(20(24)25)14-12-10-8-6-4-2-1-3-5-7-9-11-13-15-21(26,27)28/h18-19,22-23,26-28H,1-17H2,(H,24,25). The smallest absolute Gasteiger partial charge is 0.306 e. The minimum Gasteiger partial charge on any atom is -0.481 e. The Labute approximate surface area is 169 Å². The van der Waals surface area contributed by atoms with Crippen LogP contribution in [0.25, 0.3) is 0 Å². The Balaban J connectivity index is 3.36. The van der Waals surface area contributed by atoms with Crippen LogP contribution in [0, 0.1) is 5.92 Å². The summed E-state index contributed by atoms with van der Waals surface area (Å²) in [6.07, 6.45) is 13.7. The minimum absolute atomic E-state index is 0.00851. The molecule has 0 aliphatic carbocycles. The number of aliphatic hydroxyl groups is 5. The molecule has 7 heteroatoms. The van der Waals surface area contributed by atoms with Gasteiger partial charge in [-0.2, -0.15) is 0 Å². The van der Waals surface area contributed by atoms with E-state index in [-0.39, 0.29) is 19.4 Å². The summed E-state index contributed by atoms with van der Waals surface area (Å²) in [6.45, 7) is -0.387. The molecule has 168 valence electrons. The first kappa shape index (κ1) is 27.3. The molecule has 0 radical (unpaired) electrons. The molecule has 0 spiro atoms. The Bertz CT molecular complexity index is 368. The summed E-state index contributed by atoms with van der Waals surface area (Å²) in [6, 6.07) is 0. The molecule has 0 fully saturated rings. The molecule has 0 saturated heterocycles. The third-order valence-corrected chi connectivity index (χ3v) is 5.18. The van der Waals surface area contributed by atoms with E-state index >= 15 is 0 Å². The second-order valence-corrected chi connectivity index (χ2v) is 8.02. The number of carbonyl (C=O) groups is 1. The van der Waals surface area contributed by atoms with Crippen molar-refractivity contribution in [1.82, 2.24) is 0 Å². The molecule has 2 atom stereocenters. The van der Waals surface area contributed by atoms with Gasteiger partial charge in [0, 0.05) is 6.42 Å². The van der Waals surface area contributed by atoms with E-state index in [1.807, 2.05) is 0 Å². The zero-order valence-electron chi connectivity index (χ0n) is 17.3. The molecule has 0 aromatic rings. The van der Waals surface area contributed by atoms with Crippen LogP contribution in [0.5, 0.6) is 0 Å². The topological polar surface area (TPSA) is 138 Å². The van der Waals surface area contributed by atoms with Crippen molar-refractivity contribution >= 4 is 5.97 Å². The number of aliphatic carboxylic acids is 1. The van der Waals surface area contributed by atoms with E-state index in [2.05, 4.69) is 0 Å². The minimum atomic E-state index is -2.51. The number of hydrogen-bond acceptors (Lipinski definition) is 6. The molecule has 0 aliphatic heterocycles. The van der Waals surface area contributed by atoms with Crippen LogP contribution >= 0.6 is 0 Å². The van der Waals surface area contributed by atoms with Gasteiger partial charge in [-0.1, -0.05) is 77.0 Å². The molecule has 28 heavy (non-hydrogen) atoms. The molecule has 0 amide bonds. The quantitative estimate of drug-likeness (QED) is 0.135. The van der Waals surface area contributed by atoms with Gasteiger partial charge < -0.3 is 30.6 Å². The lowest BCUT2D eigenvalue weighted by atomic mass is 9.94.